The monoisotopic (exact) mass is 607 g/mol. The number of aliphatic hydroxyl groups excluding tert-OH is 1. The van der Waals surface area contributed by atoms with Gasteiger partial charge in [0.15, 0.2) is 0 Å². The molecule has 9 nitrogen and oxygen atoms in total. The number of fused-ring (bicyclic) bond motifs is 1. The van der Waals surface area contributed by atoms with Gasteiger partial charge in [0.25, 0.3) is 0 Å². The number of benzene rings is 2. The fraction of sp³-hybridized carbons (Fsp3) is 0.600. The van der Waals surface area contributed by atoms with Crippen molar-refractivity contribution in [3.05, 3.63) is 59.2 Å². The zero-order chi connectivity index (χ0) is 31.0. The van der Waals surface area contributed by atoms with Crippen molar-refractivity contribution in [1.29, 1.82) is 0 Å². The predicted molar refractivity (Wildman–Crippen MR) is 178 cm³/mol. The van der Waals surface area contributed by atoms with Crippen LogP contribution in [-0.4, -0.2) is 78.3 Å². The van der Waals surface area contributed by atoms with Gasteiger partial charge in [0.2, 0.25) is 0 Å². The lowest BCUT2D eigenvalue weighted by molar-refractivity contribution is 0.0402. The first-order chi connectivity index (χ1) is 21.5. The maximum atomic E-state index is 12.5. The van der Waals surface area contributed by atoms with Crippen LogP contribution in [0.25, 0.3) is 0 Å². The molecule has 2 aromatic rings. The average molecular weight is 608 g/mol. The number of hydrogen-bond acceptors (Lipinski definition) is 7. The molecule has 1 saturated heterocycles. The summed E-state index contributed by atoms with van der Waals surface area (Å²) in [5.41, 5.74) is 5.03. The lowest BCUT2D eigenvalue weighted by Gasteiger charge is -2.33. The maximum Gasteiger partial charge on any atom is 0.317 e. The number of aromatic hydroxyl groups is 1. The van der Waals surface area contributed by atoms with Crippen molar-refractivity contribution in [1.82, 2.24) is 15.5 Å². The van der Waals surface area contributed by atoms with Gasteiger partial charge in [0.05, 0.1) is 5.71 Å². The summed E-state index contributed by atoms with van der Waals surface area (Å²) in [4.78, 5) is 19.9. The molecule has 2 aliphatic rings. The Morgan fingerprint density at radius 1 is 1.02 bits per heavy atom. The number of aliphatic hydroxyl groups is 1. The molecule has 9 heteroatoms. The number of oxime groups is 1. The van der Waals surface area contributed by atoms with E-state index in [0.29, 0.717) is 18.3 Å². The molecule has 0 unspecified atom stereocenters. The standard InChI is InChI=1S/C35H53N5O4/c1-2-3-4-5-6-7-21-37-35(43)40-23-19-29(20-24-40)38-28-16-14-27(15-17-28)18-22-36-25-30(41)26-44-39-33-12-8-11-32-31(33)10-9-13-34(32)42/h9-10,13-17,29-30,36,38,41-42H,2-8,11-12,18-26H2,1H3,(H,37,43)/b39-33-/t30-/m0/s1. The molecule has 4 rings (SSSR count). The molecule has 0 radical (unpaired) electrons. The Labute approximate surface area is 263 Å². The van der Waals surface area contributed by atoms with Crippen molar-refractivity contribution in [2.75, 3.05) is 44.6 Å². The van der Waals surface area contributed by atoms with Crippen molar-refractivity contribution in [3.63, 3.8) is 0 Å². The largest absolute Gasteiger partial charge is 0.508 e. The summed E-state index contributed by atoms with van der Waals surface area (Å²) in [6, 6.07) is 14.5. The Morgan fingerprint density at radius 2 is 1.80 bits per heavy atom. The SMILES string of the molecule is CCCCCCCCNC(=O)N1CCC(Nc2ccc(CCNC[C@H](O)CO/N=C3/CCCc4c(O)cccc43)cc2)CC1. The van der Waals surface area contributed by atoms with Crippen LogP contribution < -0.4 is 16.0 Å². The summed E-state index contributed by atoms with van der Waals surface area (Å²) in [6.07, 6.45) is 12.1. The van der Waals surface area contributed by atoms with Crippen LogP contribution in [0.2, 0.25) is 0 Å². The number of likely N-dealkylation sites (tertiary alicyclic amines) is 1. The molecule has 44 heavy (non-hydrogen) atoms. The molecule has 0 aromatic heterocycles. The van der Waals surface area contributed by atoms with E-state index in [2.05, 4.69) is 52.3 Å². The molecule has 2 amide bonds. The average Bonchev–Trinajstić information content (AvgIpc) is 3.04. The first-order valence-electron chi connectivity index (χ1n) is 16.8. The molecule has 1 fully saturated rings. The molecule has 0 bridgehead atoms. The number of rotatable bonds is 17. The van der Waals surface area contributed by atoms with E-state index < -0.39 is 6.10 Å². The second-order valence-corrected chi connectivity index (χ2v) is 12.2. The zero-order valence-corrected chi connectivity index (χ0v) is 26.5. The van der Waals surface area contributed by atoms with E-state index in [1.54, 1.807) is 6.07 Å². The molecule has 5 N–H and O–H groups in total. The second kappa shape index (κ2) is 18.5. The van der Waals surface area contributed by atoms with Gasteiger partial charge in [-0.25, -0.2) is 4.79 Å². The summed E-state index contributed by atoms with van der Waals surface area (Å²) in [6.45, 7) is 5.88. The topological polar surface area (TPSA) is 118 Å². The van der Waals surface area contributed by atoms with Crippen molar-refractivity contribution >= 4 is 17.4 Å². The van der Waals surface area contributed by atoms with E-state index in [1.807, 2.05) is 17.0 Å². The molecule has 0 saturated carbocycles. The van der Waals surface area contributed by atoms with E-state index in [4.69, 9.17) is 4.84 Å². The number of hydrogen-bond donors (Lipinski definition) is 5. The Balaban J connectivity index is 1.05. The number of carbonyl (C=O) groups excluding carboxylic acids is 1. The maximum absolute atomic E-state index is 12.5. The number of nitrogens with one attached hydrogen (secondary N) is 3. The summed E-state index contributed by atoms with van der Waals surface area (Å²) < 4.78 is 0. The highest BCUT2D eigenvalue weighted by Crippen LogP contribution is 2.29. The van der Waals surface area contributed by atoms with Gasteiger partial charge in [-0.2, -0.15) is 0 Å². The van der Waals surface area contributed by atoms with E-state index in [-0.39, 0.29) is 12.6 Å². The third-order valence-electron chi connectivity index (χ3n) is 8.63. The van der Waals surface area contributed by atoms with E-state index >= 15 is 0 Å². The summed E-state index contributed by atoms with van der Waals surface area (Å²) in [5.74, 6) is 0.307. The molecule has 1 heterocycles. The third kappa shape index (κ3) is 11.0. The Kier molecular flexibility index (Phi) is 14.1. The number of carbonyl (C=O) groups is 1. The van der Waals surface area contributed by atoms with Crippen LogP contribution in [-0.2, 0) is 17.7 Å². The summed E-state index contributed by atoms with van der Waals surface area (Å²) in [7, 11) is 0. The van der Waals surface area contributed by atoms with Gasteiger partial charge >= 0.3 is 6.03 Å². The molecular formula is C35H53N5O4. The van der Waals surface area contributed by atoms with Crippen LogP contribution in [0.15, 0.2) is 47.6 Å². The highest BCUT2D eigenvalue weighted by atomic mass is 16.6. The number of nitrogens with zero attached hydrogens (tertiary/aromatic N) is 2. The predicted octanol–water partition coefficient (Wildman–Crippen LogP) is 5.59. The molecule has 242 valence electrons. The van der Waals surface area contributed by atoms with Gasteiger partial charge in [0.1, 0.15) is 18.5 Å². The fourth-order valence-electron chi connectivity index (χ4n) is 5.97. The van der Waals surface area contributed by atoms with Crippen LogP contribution in [0.3, 0.4) is 0 Å². The highest BCUT2D eigenvalue weighted by Gasteiger charge is 2.22. The van der Waals surface area contributed by atoms with Gasteiger partial charge < -0.3 is 35.9 Å². The third-order valence-corrected chi connectivity index (χ3v) is 8.63. The quantitative estimate of drug-likeness (QED) is 0.118. The van der Waals surface area contributed by atoms with Crippen LogP contribution >= 0.6 is 0 Å². The molecule has 1 atom stereocenters. The minimum Gasteiger partial charge on any atom is -0.508 e. The molecule has 1 aliphatic carbocycles. The second-order valence-electron chi connectivity index (χ2n) is 12.2. The van der Waals surface area contributed by atoms with Crippen molar-refractivity contribution in [3.8, 4) is 5.75 Å². The normalized spacial score (nSPS) is 16.9. The summed E-state index contributed by atoms with van der Waals surface area (Å²) in [5, 5.41) is 34.7. The van der Waals surface area contributed by atoms with Crippen LogP contribution in [0.1, 0.15) is 87.8 Å². The smallest absolute Gasteiger partial charge is 0.317 e. The van der Waals surface area contributed by atoms with E-state index in [0.717, 1.165) is 93.7 Å². The van der Waals surface area contributed by atoms with Gasteiger partial charge in [-0.1, -0.05) is 68.4 Å². The Hall–Kier alpha value is -3.30. The number of amides is 2. The van der Waals surface area contributed by atoms with Gasteiger partial charge in [0, 0.05) is 49.0 Å². The number of urea groups is 1. The number of piperidine rings is 1. The van der Waals surface area contributed by atoms with Crippen molar-refractivity contribution < 1.29 is 19.8 Å². The fourth-order valence-corrected chi connectivity index (χ4v) is 5.97. The molecule has 0 spiro atoms. The molecule has 1 aliphatic heterocycles. The Bertz CT molecular complexity index is 1160. The van der Waals surface area contributed by atoms with E-state index in [1.165, 1.54) is 37.7 Å². The van der Waals surface area contributed by atoms with Gasteiger partial charge in [-0.05, 0) is 75.3 Å². The van der Waals surface area contributed by atoms with Crippen LogP contribution in [0, 0.1) is 0 Å². The first-order valence-corrected chi connectivity index (χ1v) is 16.8. The van der Waals surface area contributed by atoms with Gasteiger partial charge in [-0.3, -0.25) is 0 Å². The Morgan fingerprint density at radius 3 is 2.59 bits per heavy atom. The van der Waals surface area contributed by atoms with E-state index in [9.17, 15) is 15.0 Å². The highest BCUT2D eigenvalue weighted by molar-refractivity contribution is 6.02. The van der Waals surface area contributed by atoms with Crippen LogP contribution in [0.5, 0.6) is 5.75 Å². The molecule has 2 aromatic carbocycles. The number of phenolic OH excluding ortho intramolecular Hbond substituents is 1. The number of phenols is 1. The first kappa shape index (κ1) is 33.6. The van der Waals surface area contributed by atoms with Crippen molar-refractivity contribution in [2.24, 2.45) is 5.16 Å². The number of unbranched alkanes of at least 4 members (excludes halogenated alkanes) is 5. The zero-order valence-electron chi connectivity index (χ0n) is 26.5. The minimum absolute atomic E-state index is 0.0801. The van der Waals surface area contributed by atoms with Crippen LogP contribution in [0.4, 0.5) is 10.5 Å². The van der Waals surface area contributed by atoms with Gasteiger partial charge in [-0.15, -0.1) is 0 Å². The summed E-state index contributed by atoms with van der Waals surface area (Å²) >= 11 is 0. The minimum atomic E-state index is -0.657. The molecular weight excluding hydrogens is 554 g/mol. The van der Waals surface area contributed by atoms with Crippen molar-refractivity contribution in [2.45, 2.75) is 96.1 Å². The number of anilines is 1. The lowest BCUT2D eigenvalue weighted by Crippen LogP contribution is -2.47. The lowest BCUT2D eigenvalue weighted by atomic mass is 9.89.